The van der Waals surface area contributed by atoms with Crippen molar-refractivity contribution in [3.05, 3.63) is 29.3 Å². The molecule has 0 radical (unpaired) electrons. The molecule has 1 N–H and O–H groups in total. The van der Waals surface area contributed by atoms with Gasteiger partial charge in [0.25, 0.3) is 0 Å². The number of nitrogens with one attached hydrogen (secondary N) is 1. The molecule has 2 rings (SSSR count). The molecule has 0 bridgehead atoms. The summed E-state index contributed by atoms with van der Waals surface area (Å²) in [5, 5.41) is 3.27. The minimum absolute atomic E-state index is 0.105. The molecule has 1 aromatic rings. The van der Waals surface area contributed by atoms with Crippen molar-refractivity contribution in [2.75, 3.05) is 5.32 Å². The van der Waals surface area contributed by atoms with Gasteiger partial charge in [-0.25, -0.2) is 0 Å². The Labute approximate surface area is 92.7 Å². The second kappa shape index (κ2) is 3.40. The molecule has 1 nitrogen and oxygen atoms in total. The van der Waals surface area contributed by atoms with Crippen LogP contribution in [0.3, 0.4) is 0 Å². The van der Waals surface area contributed by atoms with Gasteiger partial charge in [-0.05, 0) is 43.5 Å². The van der Waals surface area contributed by atoms with E-state index in [9.17, 15) is 13.2 Å². The van der Waals surface area contributed by atoms with Gasteiger partial charge in [0.15, 0.2) is 0 Å². The van der Waals surface area contributed by atoms with E-state index in [1.165, 1.54) is 12.1 Å². The van der Waals surface area contributed by atoms with Gasteiger partial charge in [0.2, 0.25) is 0 Å². The van der Waals surface area contributed by atoms with E-state index >= 15 is 0 Å². The van der Waals surface area contributed by atoms with E-state index in [1.807, 2.05) is 13.8 Å². The van der Waals surface area contributed by atoms with E-state index in [0.717, 1.165) is 23.7 Å². The monoisotopic (exact) mass is 229 g/mol. The molecular weight excluding hydrogens is 215 g/mol. The Bertz CT molecular complexity index is 411. The highest BCUT2D eigenvalue weighted by Gasteiger charge is 2.35. The summed E-state index contributed by atoms with van der Waals surface area (Å²) in [4.78, 5) is 0. The van der Waals surface area contributed by atoms with Gasteiger partial charge in [-0.3, -0.25) is 0 Å². The van der Waals surface area contributed by atoms with E-state index in [1.54, 1.807) is 0 Å². The first-order chi connectivity index (χ1) is 7.34. The molecule has 1 atom stereocenters. The fraction of sp³-hybridized carbons (Fsp3) is 0.500. The van der Waals surface area contributed by atoms with Crippen LogP contribution < -0.4 is 5.32 Å². The summed E-state index contributed by atoms with van der Waals surface area (Å²) < 4.78 is 37.5. The molecule has 4 heteroatoms. The first kappa shape index (κ1) is 11.3. The van der Waals surface area contributed by atoms with E-state index in [4.69, 9.17) is 0 Å². The fourth-order valence-corrected chi connectivity index (χ4v) is 2.04. The Morgan fingerprint density at radius 2 is 2.06 bits per heavy atom. The maximum absolute atomic E-state index is 12.5. The fourth-order valence-electron chi connectivity index (χ4n) is 2.04. The minimum Gasteiger partial charge on any atom is -0.379 e. The van der Waals surface area contributed by atoms with Gasteiger partial charge in [0, 0.05) is 11.2 Å². The lowest BCUT2D eigenvalue weighted by atomic mass is 9.94. The van der Waals surface area contributed by atoms with Crippen LogP contribution in [0.25, 0.3) is 0 Å². The third-order valence-electron chi connectivity index (χ3n) is 3.23. The zero-order valence-corrected chi connectivity index (χ0v) is 9.28. The van der Waals surface area contributed by atoms with Crippen LogP contribution in [0.2, 0.25) is 0 Å². The standard InChI is InChI=1S/C12H14F3N/c1-3-11(2)7-8-6-9(12(13,14)15)4-5-10(8)16-11/h4-6,16H,3,7H2,1-2H3. The third kappa shape index (κ3) is 1.88. The molecule has 0 spiro atoms. The van der Waals surface area contributed by atoms with Gasteiger partial charge < -0.3 is 5.32 Å². The predicted molar refractivity (Wildman–Crippen MR) is 57.5 cm³/mol. The highest BCUT2D eigenvalue weighted by molar-refractivity contribution is 5.60. The number of rotatable bonds is 1. The van der Waals surface area contributed by atoms with Crippen molar-refractivity contribution in [2.45, 2.75) is 38.4 Å². The van der Waals surface area contributed by atoms with Crippen molar-refractivity contribution in [2.24, 2.45) is 0 Å². The number of anilines is 1. The van der Waals surface area contributed by atoms with Gasteiger partial charge >= 0.3 is 6.18 Å². The summed E-state index contributed by atoms with van der Waals surface area (Å²) in [7, 11) is 0. The van der Waals surface area contributed by atoms with Crippen LogP contribution in [0.1, 0.15) is 31.4 Å². The van der Waals surface area contributed by atoms with E-state index in [0.29, 0.717) is 6.42 Å². The molecule has 1 heterocycles. The second-order valence-electron chi connectivity index (χ2n) is 4.59. The van der Waals surface area contributed by atoms with Gasteiger partial charge in [-0.2, -0.15) is 13.2 Å². The Morgan fingerprint density at radius 1 is 1.38 bits per heavy atom. The molecule has 1 aliphatic rings. The number of alkyl halides is 3. The minimum atomic E-state index is -4.25. The largest absolute Gasteiger partial charge is 0.416 e. The van der Waals surface area contributed by atoms with Crippen molar-refractivity contribution in [3.8, 4) is 0 Å². The SMILES string of the molecule is CCC1(C)Cc2cc(C(F)(F)F)ccc2N1. The summed E-state index contributed by atoms with van der Waals surface area (Å²) in [5.41, 5.74) is 0.928. The van der Waals surface area contributed by atoms with Gasteiger partial charge in [-0.1, -0.05) is 6.92 Å². The summed E-state index contributed by atoms with van der Waals surface area (Å²) in [5.74, 6) is 0. The van der Waals surface area contributed by atoms with Crippen molar-refractivity contribution < 1.29 is 13.2 Å². The second-order valence-corrected chi connectivity index (χ2v) is 4.59. The topological polar surface area (TPSA) is 12.0 Å². The molecule has 1 unspecified atom stereocenters. The van der Waals surface area contributed by atoms with E-state index < -0.39 is 11.7 Å². The lowest BCUT2D eigenvalue weighted by Gasteiger charge is -2.22. The first-order valence-corrected chi connectivity index (χ1v) is 5.32. The lowest BCUT2D eigenvalue weighted by molar-refractivity contribution is -0.137. The van der Waals surface area contributed by atoms with E-state index in [-0.39, 0.29) is 5.54 Å². The molecule has 0 aromatic heterocycles. The molecule has 88 valence electrons. The molecule has 1 aromatic carbocycles. The Balaban J connectivity index is 2.35. The van der Waals surface area contributed by atoms with Crippen LogP contribution in [0.4, 0.5) is 18.9 Å². The normalized spacial score (nSPS) is 24.1. The van der Waals surface area contributed by atoms with E-state index in [2.05, 4.69) is 5.32 Å². The van der Waals surface area contributed by atoms with Crippen LogP contribution >= 0.6 is 0 Å². The van der Waals surface area contributed by atoms with Crippen LogP contribution in [-0.2, 0) is 12.6 Å². The highest BCUT2D eigenvalue weighted by Crippen LogP contribution is 2.38. The van der Waals surface area contributed by atoms with Gasteiger partial charge in [-0.15, -0.1) is 0 Å². The molecule has 0 saturated carbocycles. The molecule has 0 saturated heterocycles. The Hall–Kier alpha value is -1.19. The average Bonchev–Trinajstić information content (AvgIpc) is 2.52. The van der Waals surface area contributed by atoms with Crippen molar-refractivity contribution in [1.82, 2.24) is 0 Å². The molecule has 0 fully saturated rings. The quantitative estimate of drug-likeness (QED) is 0.771. The lowest BCUT2D eigenvalue weighted by Crippen LogP contribution is -2.30. The van der Waals surface area contributed by atoms with Crippen LogP contribution in [0.5, 0.6) is 0 Å². The molecular formula is C12H14F3N. The van der Waals surface area contributed by atoms with Gasteiger partial charge in [0.05, 0.1) is 5.56 Å². The molecule has 0 aliphatic carbocycles. The van der Waals surface area contributed by atoms with Gasteiger partial charge in [0.1, 0.15) is 0 Å². The summed E-state index contributed by atoms with van der Waals surface area (Å²) in [6.45, 7) is 4.06. The van der Waals surface area contributed by atoms with Crippen LogP contribution in [0.15, 0.2) is 18.2 Å². The summed E-state index contributed by atoms with van der Waals surface area (Å²) >= 11 is 0. The maximum atomic E-state index is 12.5. The summed E-state index contributed by atoms with van der Waals surface area (Å²) in [6, 6.07) is 3.91. The number of halogens is 3. The number of hydrogen-bond donors (Lipinski definition) is 1. The zero-order chi connectivity index (χ0) is 12.0. The van der Waals surface area contributed by atoms with Crippen LogP contribution in [-0.4, -0.2) is 5.54 Å². The molecule has 1 aliphatic heterocycles. The number of benzene rings is 1. The smallest absolute Gasteiger partial charge is 0.379 e. The van der Waals surface area contributed by atoms with Crippen molar-refractivity contribution >= 4 is 5.69 Å². The molecule has 0 amide bonds. The third-order valence-corrected chi connectivity index (χ3v) is 3.23. The number of hydrogen-bond acceptors (Lipinski definition) is 1. The zero-order valence-electron chi connectivity index (χ0n) is 9.28. The van der Waals surface area contributed by atoms with Crippen LogP contribution in [0, 0.1) is 0 Å². The first-order valence-electron chi connectivity index (χ1n) is 5.32. The Kier molecular flexibility index (Phi) is 2.40. The predicted octanol–water partition coefficient (Wildman–Crippen LogP) is 3.84. The van der Waals surface area contributed by atoms with Crippen molar-refractivity contribution in [1.29, 1.82) is 0 Å². The average molecular weight is 229 g/mol. The summed E-state index contributed by atoms with van der Waals surface area (Å²) in [6.07, 6.45) is -2.70. The number of fused-ring (bicyclic) bond motifs is 1. The van der Waals surface area contributed by atoms with Crippen molar-refractivity contribution in [3.63, 3.8) is 0 Å². The molecule has 16 heavy (non-hydrogen) atoms. The maximum Gasteiger partial charge on any atom is 0.416 e. The Morgan fingerprint density at radius 3 is 2.62 bits per heavy atom. The highest BCUT2D eigenvalue weighted by atomic mass is 19.4.